The highest BCUT2D eigenvalue weighted by Gasteiger charge is 2.51. The van der Waals surface area contributed by atoms with E-state index in [2.05, 4.69) is 6.92 Å². The Hall–Kier alpha value is -0.930. The van der Waals surface area contributed by atoms with Gasteiger partial charge in [-0.25, -0.2) is 4.39 Å². The van der Waals surface area contributed by atoms with Crippen molar-refractivity contribution < 1.29 is 9.50 Å². The lowest BCUT2D eigenvalue weighted by Gasteiger charge is -2.50. The topological polar surface area (TPSA) is 46.2 Å². The van der Waals surface area contributed by atoms with Crippen LogP contribution >= 0.6 is 0 Å². The van der Waals surface area contributed by atoms with E-state index in [4.69, 9.17) is 5.73 Å². The van der Waals surface area contributed by atoms with Crippen molar-refractivity contribution in [1.82, 2.24) is 0 Å². The average molecular weight is 293 g/mol. The van der Waals surface area contributed by atoms with Gasteiger partial charge in [0.2, 0.25) is 0 Å². The summed E-state index contributed by atoms with van der Waals surface area (Å²) in [6, 6.07) is 6.60. The monoisotopic (exact) mass is 293 g/mol. The third-order valence-electron chi connectivity index (χ3n) is 5.74. The standard InChI is InChI=1S/C18H28FNO/c1-3-14-9-11-17(13-20,12-10-14)18(21,4-2)15-7-5-6-8-16(15)19/h5-8,14,21H,3-4,9-13,20H2,1-2H3. The van der Waals surface area contributed by atoms with Gasteiger partial charge in [-0.2, -0.15) is 0 Å². The van der Waals surface area contributed by atoms with Crippen LogP contribution < -0.4 is 5.73 Å². The minimum atomic E-state index is -1.17. The Morgan fingerprint density at radius 3 is 2.38 bits per heavy atom. The van der Waals surface area contributed by atoms with Crippen molar-refractivity contribution in [2.24, 2.45) is 17.1 Å². The van der Waals surface area contributed by atoms with Crippen LogP contribution in [0, 0.1) is 17.2 Å². The molecule has 1 aliphatic rings. The summed E-state index contributed by atoms with van der Waals surface area (Å²) in [6.07, 6.45) is 5.56. The molecule has 1 saturated carbocycles. The van der Waals surface area contributed by atoms with E-state index in [9.17, 15) is 9.50 Å². The molecular weight excluding hydrogens is 265 g/mol. The summed E-state index contributed by atoms with van der Waals surface area (Å²) in [5.41, 5.74) is 4.92. The summed E-state index contributed by atoms with van der Waals surface area (Å²) in [5.74, 6) is 0.388. The van der Waals surface area contributed by atoms with Gasteiger partial charge in [0.25, 0.3) is 0 Å². The van der Waals surface area contributed by atoms with Crippen LogP contribution in [0.5, 0.6) is 0 Å². The first-order valence-corrected chi connectivity index (χ1v) is 8.20. The maximum atomic E-state index is 14.3. The molecular formula is C18H28FNO. The number of hydrogen-bond acceptors (Lipinski definition) is 2. The van der Waals surface area contributed by atoms with Crippen LogP contribution in [0.4, 0.5) is 4.39 Å². The van der Waals surface area contributed by atoms with Crippen LogP contribution in [0.15, 0.2) is 24.3 Å². The largest absolute Gasteiger partial charge is 0.384 e. The predicted octanol–water partition coefficient (Wildman–Crippen LogP) is 3.97. The highest BCUT2D eigenvalue weighted by Crippen LogP contribution is 2.52. The third kappa shape index (κ3) is 2.74. The minimum Gasteiger partial charge on any atom is -0.384 e. The van der Waals surface area contributed by atoms with Crippen LogP contribution in [-0.2, 0) is 5.60 Å². The first-order valence-electron chi connectivity index (χ1n) is 8.20. The summed E-state index contributed by atoms with van der Waals surface area (Å²) in [5, 5.41) is 11.4. The molecule has 1 aromatic rings. The summed E-state index contributed by atoms with van der Waals surface area (Å²) in [7, 11) is 0. The van der Waals surface area contributed by atoms with E-state index < -0.39 is 11.0 Å². The molecule has 21 heavy (non-hydrogen) atoms. The third-order valence-corrected chi connectivity index (χ3v) is 5.74. The van der Waals surface area contributed by atoms with E-state index in [-0.39, 0.29) is 5.82 Å². The predicted molar refractivity (Wildman–Crippen MR) is 84.3 cm³/mol. The normalized spacial score (nSPS) is 29.1. The fourth-order valence-electron chi connectivity index (χ4n) is 4.07. The van der Waals surface area contributed by atoms with Crippen molar-refractivity contribution in [3.63, 3.8) is 0 Å². The second-order valence-corrected chi connectivity index (χ2v) is 6.53. The Morgan fingerprint density at radius 2 is 1.90 bits per heavy atom. The zero-order valence-corrected chi connectivity index (χ0v) is 13.2. The molecule has 3 N–H and O–H groups in total. The first kappa shape index (κ1) is 16.4. The highest BCUT2D eigenvalue weighted by molar-refractivity contribution is 5.28. The van der Waals surface area contributed by atoms with Crippen molar-refractivity contribution in [2.75, 3.05) is 6.54 Å². The van der Waals surface area contributed by atoms with Crippen molar-refractivity contribution in [1.29, 1.82) is 0 Å². The number of benzene rings is 1. The van der Waals surface area contributed by atoms with E-state index in [1.807, 2.05) is 6.92 Å². The number of nitrogens with two attached hydrogens (primary N) is 1. The van der Waals surface area contributed by atoms with E-state index in [0.717, 1.165) is 25.7 Å². The molecule has 1 aromatic carbocycles. The van der Waals surface area contributed by atoms with Crippen molar-refractivity contribution in [3.05, 3.63) is 35.6 Å². The van der Waals surface area contributed by atoms with Gasteiger partial charge in [-0.1, -0.05) is 38.5 Å². The fraction of sp³-hybridized carbons (Fsp3) is 0.667. The zero-order valence-electron chi connectivity index (χ0n) is 13.2. The van der Waals surface area contributed by atoms with Gasteiger partial charge in [0.05, 0.1) is 5.60 Å². The average Bonchev–Trinajstić information content (AvgIpc) is 2.54. The van der Waals surface area contributed by atoms with Crippen molar-refractivity contribution in [3.8, 4) is 0 Å². The SMILES string of the molecule is CCC1CCC(CN)(C(O)(CC)c2ccccc2F)CC1. The Labute approximate surface area is 127 Å². The van der Waals surface area contributed by atoms with Gasteiger partial charge in [-0.05, 0) is 44.1 Å². The van der Waals surface area contributed by atoms with E-state index >= 15 is 0 Å². The molecule has 0 aliphatic heterocycles. The van der Waals surface area contributed by atoms with E-state index in [0.29, 0.717) is 24.4 Å². The Kier molecular flexibility index (Phi) is 5.05. The van der Waals surface area contributed by atoms with Gasteiger partial charge in [0.15, 0.2) is 0 Å². The minimum absolute atomic E-state index is 0.327. The van der Waals surface area contributed by atoms with Crippen LogP contribution in [0.3, 0.4) is 0 Å². The Morgan fingerprint density at radius 1 is 1.29 bits per heavy atom. The lowest BCUT2D eigenvalue weighted by atomic mass is 9.58. The number of halogens is 1. The molecule has 0 bridgehead atoms. The number of hydrogen-bond donors (Lipinski definition) is 2. The van der Waals surface area contributed by atoms with Crippen molar-refractivity contribution >= 4 is 0 Å². The Balaban J connectivity index is 2.40. The lowest BCUT2D eigenvalue weighted by molar-refractivity contribution is -0.117. The molecule has 3 heteroatoms. The summed E-state index contributed by atoms with van der Waals surface area (Å²) >= 11 is 0. The molecule has 1 aliphatic carbocycles. The molecule has 1 atom stereocenters. The summed E-state index contributed by atoms with van der Waals surface area (Å²) < 4.78 is 14.3. The highest BCUT2D eigenvalue weighted by atomic mass is 19.1. The molecule has 0 saturated heterocycles. The van der Waals surface area contributed by atoms with Gasteiger partial charge < -0.3 is 10.8 Å². The molecule has 0 aromatic heterocycles. The maximum absolute atomic E-state index is 14.3. The molecule has 2 nitrogen and oxygen atoms in total. The van der Waals surface area contributed by atoms with E-state index in [1.165, 1.54) is 12.5 Å². The van der Waals surface area contributed by atoms with Crippen molar-refractivity contribution in [2.45, 2.75) is 58.0 Å². The van der Waals surface area contributed by atoms with Gasteiger partial charge in [-0.3, -0.25) is 0 Å². The fourth-order valence-corrected chi connectivity index (χ4v) is 4.07. The molecule has 0 radical (unpaired) electrons. The van der Waals surface area contributed by atoms with Crippen LogP contribution in [0.1, 0.15) is 57.9 Å². The van der Waals surface area contributed by atoms with Crippen LogP contribution in [-0.4, -0.2) is 11.7 Å². The Bertz CT molecular complexity index is 468. The second kappa shape index (κ2) is 6.45. The second-order valence-electron chi connectivity index (χ2n) is 6.53. The smallest absolute Gasteiger partial charge is 0.129 e. The van der Waals surface area contributed by atoms with Gasteiger partial charge in [0, 0.05) is 17.5 Å². The van der Waals surface area contributed by atoms with Crippen LogP contribution in [0.2, 0.25) is 0 Å². The van der Waals surface area contributed by atoms with E-state index in [1.54, 1.807) is 18.2 Å². The molecule has 0 amide bonds. The lowest BCUT2D eigenvalue weighted by Crippen LogP contribution is -2.52. The molecule has 0 heterocycles. The summed E-state index contributed by atoms with van der Waals surface area (Å²) in [6.45, 7) is 4.54. The molecule has 1 unspecified atom stereocenters. The molecule has 2 rings (SSSR count). The number of aliphatic hydroxyl groups is 1. The summed E-state index contributed by atoms with van der Waals surface area (Å²) in [4.78, 5) is 0. The zero-order chi connectivity index (χ0) is 15.5. The first-order chi connectivity index (χ1) is 10.0. The molecule has 118 valence electrons. The maximum Gasteiger partial charge on any atom is 0.129 e. The number of rotatable bonds is 5. The van der Waals surface area contributed by atoms with Crippen LogP contribution in [0.25, 0.3) is 0 Å². The quantitative estimate of drug-likeness (QED) is 0.863. The van der Waals surface area contributed by atoms with Gasteiger partial charge >= 0.3 is 0 Å². The van der Waals surface area contributed by atoms with Gasteiger partial charge in [-0.15, -0.1) is 0 Å². The molecule has 1 fully saturated rings. The molecule has 0 spiro atoms. The van der Waals surface area contributed by atoms with Gasteiger partial charge in [0.1, 0.15) is 5.82 Å².